The predicted octanol–water partition coefficient (Wildman–Crippen LogP) is -0.421. The molecule has 1 heterocycles. The van der Waals surface area contributed by atoms with Crippen LogP contribution in [0.1, 0.15) is 6.42 Å². The first-order chi connectivity index (χ1) is 8.51. The number of urea groups is 1. The number of hydrogen-bond acceptors (Lipinski definition) is 7. The lowest BCUT2D eigenvalue weighted by atomic mass is 10.4. The van der Waals surface area contributed by atoms with Crippen LogP contribution in [0, 0.1) is 0 Å². The first kappa shape index (κ1) is 14.0. The Labute approximate surface area is 108 Å². The number of nitrogen functional groups attached to an aromatic ring is 2. The summed E-state index contributed by atoms with van der Waals surface area (Å²) in [5.41, 5.74) is 11.0. The Morgan fingerprint density at radius 2 is 1.94 bits per heavy atom. The van der Waals surface area contributed by atoms with Crippen LogP contribution in [0.25, 0.3) is 0 Å². The van der Waals surface area contributed by atoms with Crippen LogP contribution in [0.2, 0.25) is 0 Å². The average Bonchev–Trinajstić information content (AvgIpc) is 2.27. The van der Waals surface area contributed by atoms with E-state index in [4.69, 9.17) is 11.5 Å². The number of hydrogen-bond donors (Lipinski definition) is 4. The smallest absolute Gasteiger partial charge is 0.321 e. The molecule has 0 aliphatic heterocycles. The van der Waals surface area contributed by atoms with E-state index in [1.807, 2.05) is 0 Å². The molecule has 0 saturated heterocycles. The monoisotopic (exact) mass is 270 g/mol. The van der Waals surface area contributed by atoms with Crippen LogP contribution in [0.3, 0.4) is 0 Å². The zero-order chi connectivity index (χ0) is 13.5. The van der Waals surface area contributed by atoms with E-state index in [1.54, 1.807) is 0 Å². The quantitative estimate of drug-likeness (QED) is 0.431. The standard InChI is InChI=1S/C9H14N6O2S/c1-12-8(17)15-7(16)2-3-18-9-13-5(10)4-6(11)14-9/h4H,2-3H2,1H3,(H4,10,11,13,14)(H2,12,15,16,17). The molecule has 18 heavy (non-hydrogen) atoms. The highest BCUT2D eigenvalue weighted by Gasteiger charge is 2.07. The number of imide groups is 1. The summed E-state index contributed by atoms with van der Waals surface area (Å²) in [6.45, 7) is 0. The molecule has 0 aromatic carbocycles. The minimum absolute atomic E-state index is 0.163. The van der Waals surface area contributed by atoms with Crippen molar-refractivity contribution < 1.29 is 9.59 Å². The molecule has 0 atom stereocenters. The number of carbonyl (C=O) groups excluding carboxylic acids is 2. The molecule has 9 heteroatoms. The van der Waals surface area contributed by atoms with E-state index in [9.17, 15) is 9.59 Å². The molecular weight excluding hydrogens is 256 g/mol. The fourth-order valence-electron chi connectivity index (χ4n) is 1.01. The number of carbonyl (C=O) groups is 2. The lowest BCUT2D eigenvalue weighted by molar-refractivity contribution is -0.119. The second-order valence-corrected chi connectivity index (χ2v) is 4.29. The minimum atomic E-state index is -0.533. The number of nitrogens with zero attached hydrogens (tertiary/aromatic N) is 2. The number of nitrogens with one attached hydrogen (secondary N) is 2. The van der Waals surface area contributed by atoms with Crippen molar-refractivity contribution in [1.29, 1.82) is 0 Å². The average molecular weight is 270 g/mol. The lowest BCUT2D eigenvalue weighted by Gasteiger charge is -2.03. The summed E-state index contributed by atoms with van der Waals surface area (Å²) in [4.78, 5) is 30.0. The van der Waals surface area contributed by atoms with Gasteiger partial charge in [0.05, 0.1) is 0 Å². The molecule has 1 rings (SSSR count). The van der Waals surface area contributed by atoms with Gasteiger partial charge in [-0.1, -0.05) is 11.8 Å². The highest BCUT2D eigenvalue weighted by molar-refractivity contribution is 7.99. The van der Waals surface area contributed by atoms with Crippen molar-refractivity contribution in [2.24, 2.45) is 0 Å². The van der Waals surface area contributed by atoms with Crippen LogP contribution < -0.4 is 22.1 Å². The molecule has 1 aromatic rings. The number of rotatable bonds is 4. The van der Waals surface area contributed by atoms with Gasteiger partial charge in [0.2, 0.25) is 5.91 Å². The molecule has 0 bridgehead atoms. The van der Waals surface area contributed by atoms with E-state index >= 15 is 0 Å². The third kappa shape index (κ3) is 4.87. The van der Waals surface area contributed by atoms with E-state index in [0.29, 0.717) is 10.9 Å². The van der Waals surface area contributed by atoms with Gasteiger partial charge in [0, 0.05) is 25.3 Å². The van der Waals surface area contributed by atoms with Crippen LogP contribution in [0.5, 0.6) is 0 Å². The largest absolute Gasteiger partial charge is 0.383 e. The van der Waals surface area contributed by atoms with E-state index in [2.05, 4.69) is 20.6 Å². The molecule has 1 aromatic heterocycles. The van der Waals surface area contributed by atoms with Crippen molar-refractivity contribution in [3.8, 4) is 0 Å². The molecule has 0 radical (unpaired) electrons. The molecule has 6 N–H and O–H groups in total. The highest BCUT2D eigenvalue weighted by atomic mass is 32.2. The number of aromatic nitrogens is 2. The number of amides is 3. The van der Waals surface area contributed by atoms with E-state index < -0.39 is 6.03 Å². The van der Waals surface area contributed by atoms with Gasteiger partial charge in [0.15, 0.2) is 5.16 Å². The molecule has 0 aliphatic rings. The molecule has 98 valence electrons. The maximum Gasteiger partial charge on any atom is 0.321 e. The number of nitrogens with two attached hydrogens (primary N) is 2. The molecule has 0 aliphatic carbocycles. The number of anilines is 2. The van der Waals surface area contributed by atoms with Gasteiger partial charge in [-0.2, -0.15) is 0 Å². The van der Waals surface area contributed by atoms with E-state index in [0.717, 1.165) is 0 Å². The maximum absolute atomic E-state index is 11.3. The van der Waals surface area contributed by atoms with Gasteiger partial charge >= 0.3 is 6.03 Å². The Morgan fingerprint density at radius 3 is 2.50 bits per heavy atom. The van der Waals surface area contributed by atoms with Crippen molar-refractivity contribution in [1.82, 2.24) is 20.6 Å². The summed E-state index contributed by atoms with van der Waals surface area (Å²) in [6, 6.07) is 0.914. The molecule has 8 nitrogen and oxygen atoms in total. The fraction of sp³-hybridized carbons (Fsp3) is 0.333. The van der Waals surface area contributed by atoms with Crippen molar-refractivity contribution >= 4 is 35.3 Å². The molecule has 0 spiro atoms. The Kier molecular flexibility index (Phi) is 5.18. The molecule has 0 fully saturated rings. The SMILES string of the molecule is CNC(=O)NC(=O)CCSc1nc(N)cc(N)n1. The molecule has 0 unspecified atom stereocenters. The van der Waals surface area contributed by atoms with Crippen molar-refractivity contribution in [2.75, 3.05) is 24.3 Å². The topological polar surface area (TPSA) is 136 Å². The van der Waals surface area contributed by atoms with Gasteiger partial charge in [-0.05, 0) is 0 Å². The van der Waals surface area contributed by atoms with Crippen LogP contribution in [0.15, 0.2) is 11.2 Å². The Morgan fingerprint density at radius 1 is 1.33 bits per heavy atom. The van der Waals surface area contributed by atoms with Crippen LogP contribution in [0.4, 0.5) is 16.4 Å². The van der Waals surface area contributed by atoms with Crippen LogP contribution in [-0.4, -0.2) is 34.7 Å². The van der Waals surface area contributed by atoms with Gasteiger partial charge in [-0.15, -0.1) is 0 Å². The summed E-state index contributed by atoms with van der Waals surface area (Å²) in [6.07, 6.45) is 0.163. The molecule has 3 amide bonds. The van der Waals surface area contributed by atoms with Crippen LogP contribution >= 0.6 is 11.8 Å². The zero-order valence-corrected chi connectivity index (χ0v) is 10.6. The van der Waals surface area contributed by atoms with Crippen molar-refractivity contribution in [3.63, 3.8) is 0 Å². The minimum Gasteiger partial charge on any atom is -0.383 e. The van der Waals surface area contributed by atoms with Gasteiger partial charge in [0.1, 0.15) is 11.6 Å². The summed E-state index contributed by atoms with van der Waals surface area (Å²) in [7, 11) is 1.43. The first-order valence-corrected chi connectivity index (χ1v) is 6.04. The zero-order valence-electron chi connectivity index (χ0n) is 9.77. The van der Waals surface area contributed by atoms with Crippen LogP contribution in [-0.2, 0) is 4.79 Å². The third-order valence-electron chi connectivity index (χ3n) is 1.79. The predicted molar refractivity (Wildman–Crippen MR) is 68.8 cm³/mol. The summed E-state index contributed by atoms with van der Waals surface area (Å²) >= 11 is 1.24. The maximum atomic E-state index is 11.3. The summed E-state index contributed by atoms with van der Waals surface area (Å²) in [5, 5.41) is 4.83. The Balaban J connectivity index is 2.37. The Bertz CT molecular complexity index is 432. The van der Waals surface area contributed by atoms with E-state index in [-0.39, 0.29) is 24.0 Å². The first-order valence-electron chi connectivity index (χ1n) is 5.05. The van der Waals surface area contributed by atoms with Gasteiger partial charge < -0.3 is 16.8 Å². The normalized spacial score (nSPS) is 9.83. The molecule has 0 saturated carbocycles. The van der Waals surface area contributed by atoms with Crippen molar-refractivity contribution in [2.45, 2.75) is 11.6 Å². The number of thioether (sulfide) groups is 1. The Hall–Kier alpha value is -2.03. The second kappa shape index (κ2) is 6.64. The fourth-order valence-corrected chi connectivity index (χ4v) is 1.82. The van der Waals surface area contributed by atoms with Gasteiger partial charge in [0.25, 0.3) is 0 Å². The second-order valence-electron chi connectivity index (χ2n) is 3.23. The van der Waals surface area contributed by atoms with Gasteiger partial charge in [-0.25, -0.2) is 14.8 Å². The highest BCUT2D eigenvalue weighted by Crippen LogP contribution is 2.16. The van der Waals surface area contributed by atoms with Crippen molar-refractivity contribution in [3.05, 3.63) is 6.07 Å². The van der Waals surface area contributed by atoms with E-state index in [1.165, 1.54) is 24.9 Å². The summed E-state index contributed by atoms with van der Waals surface area (Å²) < 4.78 is 0. The lowest BCUT2D eigenvalue weighted by Crippen LogP contribution is -2.37. The van der Waals surface area contributed by atoms with Gasteiger partial charge in [-0.3, -0.25) is 10.1 Å². The molecular formula is C9H14N6O2S. The third-order valence-corrected chi connectivity index (χ3v) is 2.63. The summed E-state index contributed by atoms with van der Waals surface area (Å²) in [5.74, 6) is 0.601.